The molecule has 1 fully saturated rings. The molecule has 1 aliphatic heterocycles. The zero-order valence-corrected chi connectivity index (χ0v) is 17.6. The second-order valence-electron chi connectivity index (χ2n) is 6.40. The first kappa shape index (κ1) is 22.6. The van der Waals surface area contributed by atoms with Gasteiger partial charge in [0.25, 0.3) is 16.8 Å². The Balaban J connectivity index is 1.75. The number of thioether (sulfide) groups is 1. The van der Waals surface area contributed by atoms with Crippen molar-refractivity contribution >= 4 is 40.5 Å². The molecule has 0 atom stereocenters. The molecule has 0 aromatic heterocycles. The van der Waals surface area contributed by atoms with Crippen molar-refractivity contribution in [3.8, 4) is 23.8 Å². The quantitative estimate of drug-likeness (QED) is 0.196. The van der Waals surface area contributed by atoms with Crippen LogP contribution in [0.2, 0.25) is 0 Å². The van der Waals surface area contributed by atoms with Crippen LogP contribution in [0.4, 0.5) is 10.5 Å². The van der Waals surface area contributed by atoms with Crippen LogP contribution < -0.4 is 9.47 Å². The minimum atomic E-state index is -0.609. The molecule has 1 heterocycles. The van der Waals surface area contributed by atoms with Crippen LogP contribution in [0.25, 0.3) is 6.08 Å². The van der Waals surface area contributed by atoms with Gasteiger partial charge in [-0.2, -0.15) is 0 Å². The van der Waals surface area contributed by atoms with Crippen molar-refractivity contribution in [1.82, 2.24) is 4.90 Å². The maximum atomic E-state index is 12.7. The standard InChI is InChI=1S/C22H16N2O7S/c1-3-10-31-18-9-4-14(11-19(18)30-2)12-20-21(26)23(22(27)32-20)13-17(25)15-5-7-16(8-6-15)24(28)29/h1,4-9,11-12H,10,13H2,2H3/b20-12-. The van der Waals surface area contributed by atoms with E-state index in [2.05, 4.69) is 5.92 Å². The van der Waals surface area contributed by atoms with Gasteiger partial charge < -0.3 is 9.47 Å². The first-order valence-corrected chi connectivity index (χ1v) is 9.93. The Morgan fingerprint density at radius 3 is 2.56 bits per heavy atom. The minimum Gasteiger partial charge on any atom is -0.493 e. The lowest BCUT2D eigenvalue weighted by Gasteiger charge is -2.11. The number of benzene rings is 2. The van der Waals surface area contributed by atoms with E-state index in [1.165, 1.54) is 37.5 Å². The summed E-state index contributed by atoms with van der Waals surface area (Å²) in [5.74, 6) is 2.07. The third kappa shape index (κ3) is 4.96. The molecule has 3 rings (SSSR count). The van der Waals surface area contributed by atoms with Crippen LogP contribution in [-0.4, -0.2) is 47.0 Å². The van der Waals surface area contributed by atoms with Crippen LogP contribution in [-0.2, 0) is 4.79 Å². The van der Waals surface area contributed by atoms with Gasteiger partial charge in [0.05, 0.1) is 23.5 Å². The maximum absolute atomic E-state index is 12.7. The SMILES string of the molecule is C#CCOc1ccc(/C=C2\SC(=O)N(CC(=O)c3ccc([N+](=O)[O-])cc3)C2=O)cc1OC. The fourth-order valence-electron chi connectivity index (χ4n) is 2.80. The van der Waals surface area contributed by atoms with Gasteiger partial charge in [-0.15, -0.1) is 6.42 Å². The number of carbonyl (C=O) groups excluding carboxylic acids is 3. The molecule has 0 unspecified atom stereocenters. The van der Waals surface area contributed by atoms with Crippen LogP contribution in [0, 0.1) is 22.5 Å². The molecule has 2 aromatic carbocycles. The Labute approximate surface area is 187 Å². The second-order valence-corrected chi connectivity index (χ2v) is 7.39. The second kappa shape index (κ2) is 9.80. The lowest BCUT2D eigenvalue weighted by Crippen LogP contribution is -2.33. The molecule has 0 saturated carbocycles. The summed E-state index contributed by atoms with van der Waals surface area (Å²) in [4.78, 5) is 48.6. The van der Waals surface area contributed by atoms with E-state index in [0.717, 1.165) is 4.90 Å². The van der Waals surface area contributed by atoms with E-state index in [4.69, 9.17) is 15.9 Å². The highest BCUT2D eigenvalue weighted by Gasteiger charge is 2.36. The van der Waals surface area contributed by atoms with Gasteiger partial charge in [-0.3, -0.25) is 29.4 Å². The molecule has 9 nitrogen and oxygen atoms in total. The third-order valence-electron chi connectivity index (χ3n) is 4.37. The van der Waals surface area contributed by atoms with Gasteiger partial charge in [-0.1, -0.05) is 12.0 Å². The molecular formula is C22H16N2O7S. The Morgan fingerprint density at radius 1 is 1.22 bits per heavy atom. The Kier molecular flexibility index (Phi) is 6.92. The number of imide groups is 1. The van der Waals surface area contributed by atoms with Gasteiger partial charge in [0.15, 0.2) is 17.3 Å². The summed E-state index contributed by atoms with van der Waals surface area (Å²) in [5.41, 5.74) is 0.579. The molecule has 0 spiro atoms. The third-order valence-corrected chi connectivity index (χ3v) is 5.28. The largest absolute Gasteiger partial charge is 0.493 e. The minimum absolute atomic E-state index is 0.0668. The highest BCUT2D eigenvalue weighted by molar-refractivity contribution is 8.18. The Bertz CT molecular complexity index is 1170. The van der Waals surface area contributed by atoms with E-state index in [0.29, 0.717) is 28.8 Å². The van der Waals surface area contributed by atoms with Crippen LogP contribution >= 0.6 is 11.8 Å². The highest BCUT2D eigenvalue weighted by Crippen LogP contribution is 2.34. The molecular weight excluding hydrogens is 436 g/mol. The van der Waals surface area contributed by atoms with Crippen molar-refractivity contribution in [2.45, 2.75) is 0 Å². The number of Topliss-reactive ketones (excluding diaryl/α,β-unsaturated/α-hetero) is 1. The normalized spacial score (nSPS) is 14.4. The highest BCUT2D eigenvalue weighted by atomic mass is 32.2. The van der Waals surface area contributed by atoms with Crippen molar-refractivity contribution in [1.29, 1.82) is 0 Å². The number of methoxy groups -OCH3 is 1. The first-order valence-electron chi connectivity index (χ1n) is 9.11. The van der Waals surface area contributed by atoms with Crippen molar-refractivity contribution in [2.24, 2.45) is 0 Å². The molecule has 1 saturated heterocycles. The van der Waals surface area contributed by atoms with E-state index in [1.54, 1.807) is 18.2 Å². The number of terminal acetylenes is 1. The van der Waals surface area contributed by atoms with E-state index < -0.39 is 28.4 Å². The van der Waals surface area contributed by atoms with Crippen LogP contribution in [0.15, 0.2) is 47.4 Å². The van der Waals surface area contributed by atoms with Gasteiger partial charge in [-0.05, 0) is 47.7 Å². The molecule has 0 N–H and O–H groups in total. The number of nitro benzene ring substituents is 1. The van der Waals surface area contributed by atoms with Gasteiger partial charge in [-0.25, -0.2) is 0 Å². The number of hydrogen-bond acceptors (Lipinski definition) is 8. The molecule has 10 heteroatoms. The van der Waals surface area contributed by atoms with Crippen LogP contribution in [0.1, 0.15) is 15.9 Å². The lowest BCUT2D eigenvalue weighted by molar-refractivity contribution is -0.384. The molecule has 1 aliphatic rings. The predicted octanol–water partition coefficient (Wildman–Crippen LogP) is 3.53. The van der Waals surface area contributed by atoms with E-state index in [9.17, 15) is 24.5 Å². The summed E-state index contributed by atoms with van der Waals surface area (Å²) in [6.07, 6.45) is 6.69. The lowest BCUT2D eigenvalue weighted by atomic mass is 10.1. The van der Waals surface area contributed by atoms with Crippen molar-refractivity contribution in [2.75, 3.05) is 20.3 Å². The number of amides is 2. The predicted molar refractivity (Wildman–Crippen MR) is 117 cm³/mol. The van der Waals surface area contributed by atoms with E-state index in [-0.39, 0.29) is 22.8 Å². The average molecular weight is 452 g/mol. The number of ketones is 1. The van der Waals surface area contributed by atoms with Gasteiger partial charge in [0.2, 0.25) is 0 Å². The van der Waals surface area contributed by atoms with E-state index in [1.807, 2.05) is 0 Å². The fraction of sp³-hybridized carbons (Fsp3) is 0.136. The van der Waals surface area contributed by atoms with Crippen LogP contribution in [0.3, 0.4) is 0 Å². The van der Waals surface area contributed by atoms with Crippen molar-refractivity contribution in [3.63, 3.8) is 0 Å². The number of non-ortho nitro benzene ring substituents is 1. The Hall–Kier alpha value is -4.10. The summed E-state index contributed by atoms with van der Waals surface area (Å²) >= 11 is 0.710. The topological polar surface area (TPSA) is 116 Å². The molecule has 162 valence electrons. The van der Waals surface area contributed by atoms with Gasteiger partial charge in [0.1, 0.15) is 6.61 Å². The molecule has 0 aliphatic carbocycles. The monoisotopic (exact) mass is 452 g/mol. The first-order chi connectivity index (χ1) is 15.3. The Morgan fingerprint density at radius 2 is 1.94 bits per heavy atom. The number of carbonyl (C=O) groups is 3. The summed E-state index contributed by atoms with van der Waals surface area (Å²) < 4.78 is 10.6. The van der Waals surface area contributed by atoms with Gasteiger partial charge >= 0.3 is 0 Å². The average Bonchev–Trinajstić information content (AvgIpc) is 3.05. The zero-order valence-electron chi connectivity index (χ0n) is 16.8. The summed E-state index contributed by atoms with van der Waals surface area (Å²) in [6, 6.07) is 9.87. The number of nitro groups is 1. The zero-order chi connectivity index (χ0) is 23.3. The van der Waals surface area contributed by atoms with Gasteiger partial charge in [0, 0.05) is 17.7 Å². The summed E-state index contributed by atoms with van der Waals surface area (Å²) in [5, 5.41) is 10.1. The van der Waals surface area contributed by atoms with Crippen LogP contribution in [0.5, 0.6) is 11.5 Å². The summed E-state index contributed by atoms with van der Waals surface area (Å²) in [7, 11) is 1.46. The number of rotatable bonds is 8. The fourth-order valence-corrected chi connectivity index (χ4v) is 3.64. The van der Waals surface area contributed by atoms with Crippen molar-refractivity contribution < 1.29 is 28.8 Å². The summed E-state index contributed by atoms with van der Waals surface area (Å²) in [6.45, 7) is -0.403. The number of hydrogen-bond donors (Lipinski definition) is 0. The smallest absolute Gasteiger partial charge is 0.293 e. The van der Waals surface area contributed by atoms with Crippen molar-refractivity contribution in [3.05, 3.63) is 68.6 Å². The molecule has 2 aromatic rings. The maximum Gasteiger partial charge on any atom is 0.293 e. The number of nitrogens with zero attached hydrogens (tertiary/aromatic N) is 2. The molecule has 0 radical (unpaired) electrons. The molecule has 0 bridgehead atoms. The molecule has 32 heavy (non-hydrogen) atoms. The van der Waals surface area contributed by atoms with E-state index >= 15 is 0 Å². The number of ether oxygens (including phenoxy) is 2. The molecule has 2 amide bonds.